The Labute approximate surface area is 110 Å². The molecule has 0 aromatic rings. The summed E-state index contributed by atoms with van der Waals surface area (Å²) in [5.74, 6) is 0.381. The average molecular weight is 254 g/mol. The fourth-order valence-electron chi connectivity index (χ4n) is 3.66. The molecule has 0 aliphatic heterocycles. The zero-order chi connectivity index (χ0) is 13.6. The van der Waals surface area contributed by atoms with E-state index in [2.05, 4.69) is 19.9 Å². The van der Waals surface area contributed by atoms with Gasteiger partial charge in [-0.3, -0.25) is 0 Å². The Kier molecular flexibility index (Phi) is 3.60. The second kappa shape index (κ2) is 4.62. The van der Waals surface area contributed by atoms with Gasteiger partial charge in [-0.2, -0.15) is 0 Å². The van der Waals surface area contributed by atoms with Crippen LogP contribution in [0, 0.1) is 17.8 Å². The Morgan fingerprint density at radius 3 is 2.56 bits per heavy atom. The van der Waals surface area contributed by atoms with E-state index in [1.54, 1.807) is 0 Å². The van der Waals surface area contributed by atoms with Crippen LogP contribution in [0.5, 0.6) is 0 Å². The van der Waals surface area contributed by atoms with E-state index < -0.39 is 11.2 Å². The van der Waals surface area contributed by atoms with Crippen molar-refractivity contribution in [2.75, 3.05) is 6.61 Å². The third-order valence-electron chi connectivity index (χ3n) is 5.06. The normalized spacial score (nSPS) is 44.7. The van der Waals surface area contributed by atoms with Gasteiger partial charge in [-0.05, 0) is 44.4 Å². The van der Waals surface area contributed by atoms with Crippen molar-refractivity contribution in [1.29, 1.82) is 0 Å². The Morgan fingerprint density at radius 2 is 2.00 bits per heavy atom. The van der Waals surface area contributed by atoms with Gasteiger partial charge in [0.15, 0.2) is 0 Å². The van der Waals surface area contributed by atoms with E-state index in [4.69, 9.17) is 0 Å². The second-order valence-electron chi connectivity index (χ2n) is 6.69. The molecule has 0 saturated heterocycles. The highest BCUT2D eigenvalue weighted by Gasteiger charge is 2.52. The van der Waals surface area contributed by atoms with Crippen molar-refractivity contribution in [3.8, 4) is 0 Å². The zero-order valence-corrected chi connectivity index (χ0v) is 11.7. The predicted molar refractivity (Wildman–Crippen MR) is 71.0 cm³/mol. The van der Waals surface area contributed by atoms with E-state index in [0.29, 0.717) is 18.8 Å². The number of rotatable bonds is 2. The van der Waals surface area contributed by atoms with E-state index >= 15 is 0 Å². The molecule has 0 aromatic heterocycles. The maximum atomic E-state index is 10.7. The molecule has 3 N–H and O–H groups in total. The number of aliphatic hydroxyl groups excluding tert-OH is 1. The summed E-state index contributed by atoms with van der Waals surface area (Å²) in [7, 11) is 0. The number of hydrogen-bond acceptors (Lipinski definition) is 3. The highest BCUT2D eigenvalue weighted by atomic mass is 16.3. The van der Waals surface area contributed by atoms with Crippen LogP contribution >= 0.6 is 0 Å². The van der Waals surface area contributed by atoms with E-state index in [1.165, 1.54) is 5.57 Å². The van der Waals surface area contributed by atoms with Gasteiger partial charge in [0.1, 0.15) is 0 Å². The van der Waals surface area contributed by atoms with Gasteiger partial charge in [0.05, 0.1) is 17.8 Å². The molecule has 0 amide bonds. The first-order valence-corrected chi connectivity index (χ1v) is 7.06. The third-order valence-corrected chi connectivity index (χ3v) is 5.06. The lowest BCUT2D eigenvalue weighted by atomic mass is 9.77. The summed E-state index contributed by atoms with van der Waals surface area (Å²) < 4.78 is 0. The molecule has 0 aromatic carbocycles. The molecule has 1 saturated carbocycles. The smallest absolute Gasteiger partial charge is 0.0915 e. The highest BCUT2D eigenvalue weighted by Crippen LogP contribution is 2.50. The van der Waals surface area contributed by atoms with Crippen LogP contribution in [-0.4, -0.2) is 33.1 Å². The third kappa shape index (κ3) is 2.24. The monoisotopic (exact) mass is 254 g/mol. The molecule has 0 heterocycles. The first kappa shape index (κ1) is 14.0. The minimum absolute atomic E-state index is 0.0197. The maximum Gasteiger partial charge on any atom is 0.0915 e. The lowest BCUT2D eigenvalue weighted by Crippen LogP contribution is -2.45. The molecule has 2 aliphatic rings. The van der Waals surface area contributed by atoms with Crippen LogP contribution in [0.2, 0.25) is 0 Å². The molecule has 3 heteroatoms. The Bertz CT molecular complexity index is 346. The summed E-state index contributed by atoms with van der Waals surface area (Å²) >= 11 is 0. The summed E-state index contributed by atoms with van der Waals surface area (Å²) in [5, 5.41) is 30.7. The lowest BCUT2D eigenvalue weighted by molar-refractivity contribution is -0.0858. The van der Waals surface area contributed by atoms with Crippen LogP contribution in [-0.2, 0) is 0 Å². The standard InChI is InChI=1S/C15H26O3/c1-10(2)11-4-7-15(18,9-16)12-5-6-14(3,17)13(12)8-11/h8,10,12-13,16-18H,4-7,9H2,1-3H3/t12?,13-,14-,15-/m0/s1. The van der Waals surface area contributed by atoms with Crippen LogP contribution in [0.25, 0.3) is 0 Å². The van der Waals surface area contributed by atoms with Crippen molar-refractivity contribution in [3.05, 3.63) is 11.6 Å². The largest absolute Gasteiger partial charge is 0.393 e. The van der Waals surface area contributed by atoms with Crippen molar-refractivity contribution in [2.45, 2.75) is 57.7 Å². The SMILES string of the molecule is CC(C)C1=C[C@H]2C(CC[C@]2(C)O)[C@@](O)(CO)CC1. The quantitative estimate of drug-likeness (QED) is 0.659. The molecular weight excluding hydrogens is 228 g/mol. The van der Waals surface area contributed by atoms with Gasteiger partial charge >= 0.3 is 0 Å². The number of allylic oxidation sites excluding steroid dienone is 1. The molecule has 3 nitrogen and oxygen atoms in total. The summed E-state index contributed by atoms with van der Waals surface area (Å²) in [5.41, 5.74) is -0.479. The molecule has 104 valence electrons. The highest BCUT2D eigenvalue weighted by molar-refractivity contribution is 5.19. The maximum absolute atomic E-state index is 10.7. The van der Waals surface area contributed by atoms with Crippen LogP contribution in [0.4, 0.5) is 0 Å². The van der Waals surface area contributed by atoms with Crippen molar-refractivity contribution in [1.82, 2.24) is 0 Å². The van der Waals surface area contributed by atoms with Crippen LogP contribution in [0.1, 0.15) is 46.5 Å². The zero-order valence-electron chi connectivity index (χ0n) is 11.7. The first-order chi connectivity index (χ1) is 8.30. The summed E-state index contributed by atoms with van der Waals surface area (Å²) in [6.45, 7) is 5.94. The molecule has 1 fully saturated rings. The number of fused-ring (bicyclic) bond motifs is 1. The fraction of sp³-hybridized carbons (Fsp3) is 0.867. The molecule has 0 spiro atoms. The second-order valence-corrected chi connectivity index (χ2v) is 6.69. The Morgan fingerprint density at radius 1 is 1.33 bits per heavy atom. The van der Waals surface area contributed by atoms with Crippen molar-refractivity contribution < 1.29 is 15.3 Å². The van der Waals surface area contributed by atoms with Gasteiger partial charge in [0.2, 0.25) is 0 Å². The first-order valence-electron chi connectivity index (χ1n) is 7.06. The minimum Gasteiger partial charge on any atom is -0.393 e. The Balaban J connectivity index is 2.38. The molecule has 2 rings (SSSR count). The topological polar surface area (TPSA) is 60.7 Å². The van der Waals surface area contributed by atoms with Crippen LogP contribution < -0.4 is 0 Å². The molecule has 2 aliphatic carbocycles. The molecule has 18 heavy (non-hydrogen) atoms. The predicted octanol–water partition coefficient (Wildman–Crippen LogP) is 1.86. The van der Waals surface area contributed by atoms with E-state index in [0.717, 1.165) is 12.8 Å². The van der Waals surface area contributed by atoms with Gasteiger partial charge < -0.3 is 15.3 Å². The molecule has 1 unspecified atom stereocenters. The van der Waals surface area contributed by atoms with Crippen molar-refractivity contribution in [3.63, 3.8) is 0 Å². The summed E-state index contributed by atoms with van der Waals surface area (Å²) in [6.07, 6.45) is 5.08. The van der Waals surface area contributed by atoms with Gasteiger partial charge in [-0.15, -0.1) is 0 Å². The Hall–Kier alpha value is -0.380. The van der Waals surface area contributed by atoms with Crippen molar-refractivity contribution >= 4 is 0 Å². The van der Waals surface area contributed by atoms with Gasteiger partial charge in [0, 0.05) is 5.92 Å². The van der Waals surface area contributed by atoms with E-state index in [9.17, 15) is 15.3 Å². The van der Waals surface area contributed by atoms with E-state index in [-0.39, 0.29) is 18.4 Å². The van der Waals surface area contributed by atoms with E-state index in [1.807, 2.05) is 6.92 Å². The molecular formula is C15H26O3. The molecule has 4 atom stereocenters. The fourth-order valence-corrected chi connectivity index (χ4v) is 3.66. The van der Waals surface area contributed by atoms with Crippen LogP contribution in [0.3, 0.4) is 0 Å². The summed E-state index contributed by atoms with van der Waals surface area (Å²) in [6, 6.07) is 0. The average Bonchev–Trinajstić information content (AvgIpc) is 2.50. The molecule has 0 radical (unpaired) electrons. The molecule has 0 bridgehead atoms. The lowest BCUT2D eigenvalue weighted by Gasteiger charge is -2.36. The number of aliphatic hydroxyl groups is 3. The van der Waals surface area contributed by atoms with Gasteiger partial charge in [-0.1, -0.05) is 25.5 Å². The van der Waals surface area contributed by atoms with Gasteiger partial charge in [0.25, 0.3) is 0 Å². The minimum atomic E-state index is -1.03. The van der Waals surface area contributed by atoms with Crippen LogP contribution in [0.15, 0.2) is 11.6 Å². The van der Waals surface area contributed by atoms with Crippen molar-refractivity contribution in [2.24, 2.45) is 17.8 Å². The van der Waals surface area contributed by atoms with Gasteiger partial charge in [-0.25, -0.2) is 0 Å². The summed E-state index contributed by atoms with van der Waals surface area (Å²) in [4.78, 5) is 0. The number of hydrogen-bond donors (Lipinski definition) is 3.